The van der Waals surface area contributed by atoms with E-state index in [4.69, 9.17) is 10.2 Å². The fourth-order valence-corrected chi connectivity index (χ4v) is 1.57. The van der Waals surface area contributed by atoms with Gasteiger partial charge < -0.3 is 15.5 Å². The molecule has 2 rings (SSSR count). The number of nitrogens with one attached hydrogen (secondary N) is 2. The second-order valence-electron chi connectivity index (χ2n) is 4.23. The van der Waals surface area contributed by atoms with Crippen molar-refractivity contribution < 1.29 is 19.8 Å². The second-order valence-corrected chi connectivity index (χ2v) is 4.23. The summed E-state index contributed by atoms with van der Waals surface area (Å²) in [5.41, 5.74) is 5.59. The van der Waals surface area contributed by atoms with E-state index in [1.165, 1.54) is 11.4 Å². The van der Waals surface area contributed by atoms with Crippen LogP contribution in [0.15, 0.2) is 29.3 Å². The largest absolute Gasteiger partial charge is 0.478 e. The minimum atomic E-state index is -1.26. The summed E-state index contributed by atoms with van der Waals surface area (Å²) >= 11 is 0. The van der Waals surface area contributed by atoms with Gasteiger partial charge in [-0.25, -0.2) is 9.59 Å². The van der Waals surface area contributed by atoms with Crippen LogP contribution in [0.1, 0.15) is 11.4 Å². The molecule has 0 fully saturated rings. The third-order valence-electron chi connectivity index (χ3n) is 2.53. The molecular weight excluding hydrogens is 276 g/mol. The van der Waals surface area contributed by atoms with Crippen LogP contribution in [0, 0.1) is 13.8 Å². The lowest BCUT2D eigenvalue weighted by atomic mass is 10.5. The molecule has 0 atom stereocenters. The Balaban J connectivity index is 0.000000240. The summed E-state index contributed by atoms with van der Waals surface area (Å²) in [6, 6.07) is 4.16. The van der Waals surface area contributed by atoms with Gasteiger partial charge in [-0.05, 0) is 26.0 Å². The molecule has 4 N–H and O–H groups in total. The van der Waals surface area contributed by atoms with Crippen LogP contribution in [0.5, 0.6) is 0 Å². The monoisotopic (exact) mass is 294 g/mol. The first-order valence-electron chi connectivity index (χ1n) is 6.24. The van der Waals surface area contributed by atoms with Crippen LogP contribution in [0.2, 0.25) is 0 Å². The van der Waals surface area contributed by atoms with Crippen LogP contribution in [-0.2, 0) is 9.59 Å². The molecule has 1 aliphatic rings. The van der Waals surface area contributed by atoms with E-state index in [1.54, 1.807) is 0 Å². The summed E-state index contributed by atoms with van der Waals surface area (Å²) in [6.45, 7) is 5.93. The van der Waals surface area contributed by atoms with Gasteiger partial charge >= 0.3 is 11.9 Å². The van der Waals surface area contributed by atoms with Gasteiger partial charge in [-0.1, -0.05) is 0 Å². The molecule has 0 saturated carbocycles. The Morgan fingerprint density at radius 1 is 1.24 bits per heavy atom. The summed E-state index contributed by atoms with van der Waals surface area (Å²) in [7, 11) is 0. The van der Waals surface area contributed by atoms with Gasteiger partial charge in [-0.3, -0.25) is 15.1 Å². The molecule has 0 aliphatic carbocycles. The molecule has 0 amide bonds. The average Bonchev–Trinajstić information content (AvgIpc) is 3.03. The van der Waals surface area contributed by atoms with Crippen molar-refractivity contribution >= 4 is 17.9 Å². The second kappa shape index (κ2) is 7.73. The van der Waals surface area contributed by atoms with E-state index < -0.39 is 11.9 Å². The van der Waals surface area contributed by atoms with Gasteiger partial charge in [0.05, 0.1) is 6.54 Å². The first kappa shape index (κ1) is 16.3. The number of aliphatic imine (C=N–C) groups is 1. The van der Waals surface area contributed by atoms with E-state index in [0.29, 0.717) is 12.2 Å². The van der Waals surface area contributed by atoms with E-state index in [0.717, 1.165) is 19.0 Å². The predicted molar refractivity (Wildman–Crippen MR) is 78.0 cm³/mol. The maximum absolute atomic E-state index is 9.55. The third kappa shape index (κ3) is 5.81. The summed E-state index contributed by atoms with van der Waals surface area (Å²) in [5.74, 6) is -1.65. The highest BCUT2D eigenvalue weighted by atomic mass is 16.4. The number of aryl methyl sites for hydroxylation is 2. The molecule has 0 unspecified atom stereocenters. The minimum absolute atomic E-state index is 0.558. The maximum atomic E-state index is 9.55. The molecule has 0 aromatic carbocycles. The van der Waals surface area contributed by atoms with Crippen molar-refractivity contribution in [1.82, 2.24) is 9.99 Å². The number of carbonyl (C=O) groups is 2. The topological polar surface area (TPSA) is 116 Å². The molecule has 1 aromatic rings. The van der Waals surface area contributed by atoms with Crippen LogP contribution < -0.4 is 10.7 Å². The smallest absolute Gasteiger partial charge is 0.328 e. The molecule has 8 nitrogen and oxygen atoms in total. The van der Waals surface area contributed by atoms with Gasteiger partial charge in [-0.15, -0.1) is 0 Å². The van der Waals surface area contributed by atoms with E-state index in [9.17, 15) is 9.59 Å². The summed E-state index contributed by atoms with van der Waals surface area (Å²) in [6.07, 6.45) is 1.12. The summed E-state index contributed by atoms with van der Waals surface area (Å²) < 4.78 is 2.02. The number of hydrogen-bond acceptors (Lipinski definition) is 5. The Hall–Kier alpha value is -2.77. The van der Waals surface area contributed by atoms with Crippen molar-refractivity contribution in [2.45, 2.75) is 13.8 Å². The van der Waals surface area contributed by atoms with Crippen molar-refractivity contribution in [3.8, 4) is 0 Å². The molecule has 1 aromatic heterocycles. The quantitative estimate of drug-likeness (QED) is 0.597. The van der Waals surface area contributed by atoms with Crippen LogP contribution in [0.3, 0.4) is 0 Å². The van der Waals surface area contributed by atoms with Crippen LogP contribution >= 0.6 is 0 Å². The minimum Gasteiger partial charge on any atom is -0.478 e. The number of nitrogens with zero attached hydrogens (tertiary/aromatic N) is 2. The molecule has 8 heteroatoms. The number of carboxylic acid groups (broad SMARTS) is 2. The van der Waals surface area contributed by atoms with E-state index in [2.05, 4.69) is 41.7 Å². The maximum Gasteiger partial charge on any atom is 0.328 e. The van der Waals surface area contributed by atoms with Gasteiger partial charge in [0.15, 0.2) is 0 Å². The summed E-state index contributed by atoms with van der Waals surface area (Å²) in [5, 5.41) is 18.8. The van der Waals surface area contributed by atoms with Gasteiger partial charge in [0, 0.05) is 30.1 Å². The van der Waals surface area contributed by atoms with Crippen molar-refractivity contribution in [1.29, 1.82) is 0 Å². The van der Waals surface area contributed by atoms with Crippen molar-refractivity contribution in [3.63, 3.8) is 0 Å². The molecular formula is C13H18N4O4. The highest BCUT2D eigenvalue weighted by Crippen LogP contribution is 2.04. The van der Waals surface area contributed by atoms with E-state index in [-0.39, 0.29) is 0 Å². The van der Waals surface area contributed by atoms with Crippen LogP contribution in [0.4, 0.5) is 0 Å². The number of rotatable bonds is 3. The highest BCUT2D eigenvalue weighted by Gasteiger charge is 2.06. The van der Waals surface area contributed by atoms with Crippen LogP contribution in [-0.4, -0.2) is 45.9 Å². The first-order chi connectivity index (χ1) is 9.90. The van der Waals surface area contributed by atoms with Gasteiger partial charge in [0.25, 0.3) is 0 Å². The standard InChI is InChI=1S/C9H14N4.C4H4O4/c1-7-3-4-8(2)13(7)12-9-10-5-6-11-9;5-3(6)1-2-4(7)8/h3-4H,5-6H2,1-2H3,(H2,10,11,12);1-2H,(H,5,6)(H,7,8). The van der Waals surface area contributed by atoms with E-state index >= 15 is 0 Å². The molecule has 114 valence electrons. The number of aliphatic carboxylic acids is 2. The normalized spacial score (nSPS) is 13.1. The van der Waals surface area contributed by atoms with Crippen molar-refractivity contribution in [3.05, 3.63) is 35.7 Å². The molecule has 1 aliphatic heterocycles. The number of guanidine groups is 1. The third-order valence-corrected chi connectivity index (χ3v) is 2.53. The Morgan fingerprint density at radius 2 is 1.76 bits per heavy atom. The molecule has 0 bridgehead atoms. The fraction of sp³-hybridized carbons (Fsp3) is 0.308. The fourth-order valence-electron chi connectivity index (χ4n) is 1.57. The molecule has 0 saturated heterocycles. The number of aromatic nitrogens is 1. The van der Waals surface area contributed by atoms with Crippen molar-refractivity contribution in [2.75, 3.05) is 18.5 Å². The Kier molecular flexibility index (Phi) is 5.99. The Morgan fingerprint density at radius 3 is 2.14 bits per heavy atom. The zero-order chi connectivity index (χ0) is 15.8. The molecule has 2 heterocycles. The zero-order valence-electron chi connectivity index (χ0n) is 11.8. The Labute approximate surface area is 121 Å². The summed E-state index contributed by atoms with van der Waals surface area (Å²) in [4.78, 5) is 23.4. The van der Waals surface area contributed by atoms with Gasteiger partial charge in [0.1, 0.15) is 0 Å². The lowest BCUT2D eigenvalue weighted by Crippen LogP contribution is -2.33. The zero-order valence-corrected chi connectivity index (χ0v) is 11.8. The lowest BCUT2D eigenvalue weighted by Gasteiger charge is -2.11. The van der Waals surface area contributed by atoms with Crippen LogP contribution in [0.25, 0.3) is 0 Å². The predicted octanol–water partition coefficient (Wildman–Crippen LogP) is 0.319. The average molecular weight is 294 g/mol. The van der Waals surface area contributed by atoms with E-state index in [1.807, 2.05) is 4.68 Å². The lowest BCUT2D eigenvalue weighted by molar-refractivity contribution is -0.134. The first-order valence-corrected chi connectivity index (χ1v) is 6.24. The van der Waals surface area contributed by atoms with Crippen molar-refractivity contribution in [2.24, 2.45) is 4.99 Å². The number of carboxylic acids is 2. The number of hydrogen-bond donors (Lipinski definition) is 4. The van der Waals surface area contributed by atoms with Gasteiger partial charge in [-0.2, -0.15) is 0 Å². The Bertz CT molecular complexity index is 539. The SMILES string of the molecule is Cc1ccc(C)n1NC1=NCCN1.O=C(O)C=CC(=O)O. The highest BCUT2D eigenvalue weighted by molar-refractivity contribution is 5.89. The van der Waals surface area contributed by atoms with Gasteiger partial charge in [0.2, 0.25) is 5.96 Å². The molecule has 0 radical (unpaired) electrons. The molecule has 0 spiro atoms. The molecule has 21 heavy (non-hydrogen) atoms.